The molecule has 0 spiro atoms. The topological polar surface area (TPSA) is 156 Å². The van der Waals surface area contributed by atoms with Crippen molar-refractivity contribution in [3.8, 4) is 0 Å². The van der Waals surface area contributed by atoms with Gasteiger partial charge in [0, 0.05) is 24.6 Å². The summed E-state index contributed by atoms with van der Waals surface area (Å²) in [6, 6.07) is 12.1. The zero-order valence-corrected chi connectivity index (χ0v) is 24.6. The van der Waals surface area contributed by atoms with Crippen molar-refractivity contribution >= 4 is 29.6 Å². The van der Waals surface area contributed by atoms with Crippen LogP contribution in [0, 0.1) is 5.92 Å². The van der Waals surface area contributed by atoms with Crippen molar-refractivity contribution in [3.63, 3.8) is 0 Å². The molecule has 1 aliphatic carbocycles. The first-order valence-corrected chi connectivity index (χ1v) is 14.3. The molecule has 4 amide bonds. The summed E-state index contributed by atoms with van der Waals surface area (Å²) < 4.78 is 5.30. The van der Waals surface area contributed by atoms with Crippen LogP contribution in [0.25, 0.3) is 0 Å². The number of hydrogen-bond acceptors (Lipinski definition) is 7. The van der Waals surface area contributed by atoms with E-state index in [-0.39, 0.29) is 30.8 Å². The van der Waals surface area contributed by atoms with Crippen LogP contribution in [0.4, 0.5) is 4.79 Å². The second kappa shape index (κ2) is 15.1. The Morgan fingerprint density at radius 3 is 2.21 bits per heavy atom. The number of amides is 4. The number of carbonyl (C=O) groups is 5. The van der Waals surface area contributed by atoms with E-state index in [1.165, 1.54) is 6.92 Å². The summed E-state index contributed by atoms with van der Waals surface area (Å²) in [5.41, 5.74) is 0.766. The van der Waals surface area contributed by atoms with E-state index in [1.807, 2.05) is 6.07 Å². The Morgan fingerprint density at radius 2 is 1.60 bits per heavy atom. The smallest absolute Gasteiger partial charge is 0.407 e. The van der Waals surface area contributed by atoms with Crippen LogP contribution in [-0.4, -0.2) is 58.3 Å². The first kappa shape index (κ1) is 32.2. The molecular weight excluding hydrogens is 538 g/mol. The number of aromatic nitrogens is 1. The van der Waals surface area contributed by atoms with Crippen molar-refractivity contribution < 1.29 is 28.7 Å². The Hall–Kier alpha value is -4.28. The van der Waals surface area contributed by atoms with E-state index in [0.29, 0.717) is 31.4 Å². The number of carbonyl (C=O) groups excluding carboxylic acids is 5. The fraction of sp³-hybridized carbons (Fsp3) is 0.484. The lowest BCUT2D eigenvalue weighted by Gasteiger charge is -2.30. The Bertz CT molecular complexity index is 1220. The molecule has 226 valence electrons. The van der Waals surface area contributed by atoms with E-state index in [9.17, 15) is 24.0 Å². The molecule has 1 aromatic heterocycles. The molecule has 2 atom stereocenters. The maximum absolute atomic E-state index is 13.1. The van der Waals surface area contributed by atoms with Crippen LogP contribution in [-0.2, 0) is 36.9 Å². The Labute approximate surface area is 246 Å². The highest BCUT2D eigenvalue weighted by atomic mass is 16.6. The number of ether oxygens (including phenoxy) is 1. The number of Topliss-reactive ketones (excluding diaryl/α,β-unsaturated/α-hetero) is 1. The largest absolute Gasteiger partial charge is 0.444 e. The van der Waals surface area contributed by atoms with Crippen LogP contribution in [0.3, 0.4) is 0 Å². The van der Waals surface area contributed by atoms with Crippen molar-refractivity contribution in [2.24, 2.45) is 5.92 Å². The van der Waals surface area contributed by atoms with E-state index in [1.54, 1.807) is 69.4 Å². The van der Waals surface area contributed by atoms with Gasteiger partial charge in [0.1, 0.15) is 17.7 Å². The summed E-state index contributed by atoms with van der Waals surface area (Å²) in [5.74, 6) is -2.79. The lowest BCUT2D eigenvalue weighted by atomic mass is 9.85. The Balaban J connectivity index is 1.53. The number of hydrogen-bond donors (Lipinski definition) is 4. The molecule has 1 heterocycles. The van der Waals surface area contributed by atoms with Gasteiger partial charge >= 0.3 is 6.09 Å². The highest BCUT2D eigenvalue weighted by molar-refractivity contribution is 6.38. The first-order valence-electron chi connectivity index (χ1n) is 14.3. The lowest BCUT2D eigenvalue weighted by Crippen LogP contribution is -2.54. The van der Waals surface area contributed by atoms with Gasteiger partial charge in [0.15, 0.2) is 0 Å². The van der Waals surface area contributed by atoms with Crippen LogP contribution in [0.5, 0.6) is 0 Å². The third-order valence-corrected chi connectivity index (χ3v) is 6.87. The highest BCUT2D eigenvalue weighted by Crippen LogP contribution is 2.25. The van der Waals surface area contributed by atoms with Gasteiger partial charge in [-0.25, -0.2) is 4.79 Å². The number of nitrogens with one attached hydrogen (secondary N) is 4. The molecule has 1 fully saturated rings. The Morgan fingerprint density at radius 1 is 0.929 bits per heavy atom. The van der Waals surface area contributed by atoms with Gasteiger partial charge in [0.2, 0.25) is 17.6 Å². The maximum atomic E-state index is 13.1. The number of ketones is 1. The van der Waals surface area contributed by atoms with Crippen molar-refractivity contribution in [3.05, 3.63) is 66.0 Å². The molecule has 0 aliphatic heterocycles. The van der Waals surface area contributed by atoms with E-state index >= 15 is 0 Å². The average molecular weight is 580 g/mol. The number of rotatable bonds is 11. The fourth-order valence-corrected chi connectivity index (χ4v) is 4.65. The minimum atomic E-state index is -1.13. The quantitative estimate of drug-likeness (QED) is 0.298. The van der Waals surface area contributed by atoms with Gasteiger partial charge in [-0.3, -0.25) is 24.2 Å². The minimum Gasteiger partial charge on any atom is -0.444 e. The molecule has 42 heavy (non-hydrogen) atoms. The molecule has 11 nitrogen and oxygen atoms in total. The second-order valence-corrected chi connectivity index (χ2v) is 11.5. The molecule has 3 rings (SSSR count). The summed E-state index contributed by atoms with van der Waals surface area (Å²) in [4.78, 5) is 68.0. The summed E-state index contributed by atoms with van der Waals surface area (Å²) >= 11 is 0. The number of pyridine rings is 1. The standard InChI is InChI=1S/C31H41N5O6/c1-20(34-28(39)22-13-15-23(16-14-22)35-30(41)42-31(2,3)4)27(38)36-25(18-21-10-6-5-7-11-21)26(37)29(40)33-19-24-12-8-9-17-32-24/h5-12,17,20,22-23,25H,13-16,18-19H2,1-4H3,(H,33,40)(H,34,39)(H,35,41)(H,36,38)/t20-,22?,23?,25-/m1/s1. The average Bonchev–Trinajstić information content (AvgIpc) is 2.95. The van der Waals surface area contributed by atoms with Gasteiger partial charge in [-0.05, 0) is 71.1 Å². The first-order chi connectivity index (χ1) is 19.9. The van der Waals surface area contributed by atoms with Crippen molar-refractivity contribution in [1.82, 2.24) is 26.3 Å². The summed E-state index contributed by atoms with van der Waals surface area (Å²) in [6.07, 6.45) is 3.53. The predicted molar refractivity (Wildman–Crippen MR) is 156 cm³/mol. The van der Waals surface area contributed by atoms with E-state index < -0.39 is 41.4 Å². The molecule has 0 saturated heterocycles. The van der Waals surface area contributed by atoms with Crippen molar-refractivity contribution in [2.45, 2.75) is 90.1 Å². The van der Waals surface area contributed by atoms with Gasteiger partial charge in [-0.15, -0.1) is 0 Å². The number of alkyl carbamates (subject to hydrolysis) is 1. The van der Waals surface area contributed by atoms with Crippen LogP contribution >= 0.6 is 0 Å². The van der Waals surface area contributed by atoms with Crippen molar-refractivity contribution in [2.75, 3.05) is 0 Å². The lowest BCUT2D eigenvalue weighted by molar-refractivity contribution is -0.140. The SMILES string of the molecule is C[C@@H](NC(=O)C1CCC(NC(=O)OC(C)(C)C)CC1)C(=O)N[C@H](Cc1ccccc1)C(=O)C(=O)NCc1ccccn1. The third-order valence-electron chi connectivity index (χ3n) is 6.87. The van der Waals surface area contributed by atoms with Gasteiger partial charge in [-0.1, -0.05) is 36.4 Å². The zero-order chi connectivity index (χ0) is 30.7. The fourth-order valence-electron chi connectivity index (χ4n) is 4.65. The van der Waals surface area contributed by atoms with Crippen LogP contribution < -0.4 is 21.3 Å². The monoisotopic (exact) mass is 579 g/mol. The van der Waals surface area contributed by atoms with E-state index in [4.69, 9.17) is 4.74 Å². The minimum absolute atomic E-state index is 0.0689. The van der Waals surface area contributed by atoms with Gasteiger partial charge in [0.25, 0.3) is 5.91 Å². The summed E-state index contributed by atoms with van der Waals surface area (Å²) in [6.45, 7) is 6.99. The summed E-state index contributed by atoms with van der Waals surface area (Å²) in [5, 5.41) is 10.8. The summed E-state index contributed by atoms with van der Waals surface area (Å²) in [7, 11) is 0. The van der Waals surface area contributed by atoms with Gasteiger partial charge < -0.3 is 26.0 Å². The third kappa shape index (κ3) is 10.6. The van der Waals surface area contributed by atoms with Crippen molar-refractivity contribution in [1.29, 1.82) is 0 Å². The van der Waals surface area contributed by atoms with Crippen LogP contribution in [0.2, 0.25) is 0 Å². The van der Waals surface area contributed by atoms with Gasteiger partial charge in [-0.2, -0.15) is 0 Å². The molecule has 11 heteroatoms. The number of benzene rings is 1. The molecule has 1 aliphatic rings. The van der Waals surface area contributed by atoms with E-state index in [2.05, 4.69) is 26.3 Å². The zero-order valence-electron chi connectivity index (χ0n) is 24.6. The maximum Gasteiger partial charge on any atom is 0.407 e. The molecule has 4 N–H and O–H groups in total. The van der Waals surface area contributed by atoms with Crippen LogP contribution in [0.1, 0.15) is 64.6 Å². The molecule has 0 bridgehead atoms. The molecule has 1 aromatic carbocycles. The molecule has 0 unspecified atom stereocenters. The second-order valence-electron chi connectivity index (χ2n) is 11.5. The molecule has 1 saturated carbocycles. The van der Waals surface area contributed by atoms with Gasteiger partial charge in [0.05, 0.1) is 12.2 Å². The van der Waals surface area contributed by atoms with Crippen LogP contribution in [0.15, 0.2) is 54.7 Å². The normalized spacial score (nSPS) is 18.1. The molecule has 2 aromatic rings. The molecule has 0 radical (unpaired) electrons. The van der Waals surface area contributed by atoms with E-state index in [0.717, 1.165) is 5.56 Å². The Kier molecular flexibility index (Phi) is 11.6. The highest BCUT2D eigenvalue weighted by Gasteiger charge is 2.32. The predicted octanol–water partition coefficient (Wildman–Crippen LogP) is 2.58. The molecular formula is C31H41N5O6. The number of nitrogens with zero attached hydrogens (tertiary/aromatic N) is 1.